The van der Waals surface area contributed by atoms with E-state index < -0.39 is 0 Å². The first-order chi connectivity index (χ1) is 5.20. The lowest BCUT2D eigenvalue weighted by Gasteiger charge is -2.32. The van der Waals surface area contributed by atoms with Crippen molar-refractivity contribution in [2.75, 3.05) is 13.1 Å². The first-order valence-electron chi connectivity index (χ1n) is 4.43. The minimum atomic E-state index is 0.291. The van der Waals surface area contributed by atoms with Crippen LogP contribution in [0.5, 0.6) is 0 Å². The molecule has 0 aromatic carbocycles. The predicted molar refractivity (Wildman–Crippen MR) is 45.6 cm³/mol. The Bertz CT molecular complexity index is 144. The average Bonchev–Trinajstić information content (AvgIpc) is 1.93. The van der Waals surface area contributed by atoms with E-state index in [0.717, 1.165) is 6.54 Å². The number of hydrogen-bond acceptors (Lipinski definition) is 2. The van der Waals surface area contributed by atoms with Crippen LogP contribution in [0.15, 0.2) is 0 Å². The van der Waals surface area contributed by atoms with E-state index in [1.54, 1.807) is 6.92 Å². The number of hydrogen-bond donors (Lipinski definition) is 0. The predicted octanol–water partition coefficient (Wildman–Crippen LogP) is 1.45. The van der Waals surface area contributed by atoms with Crippen molar-refractivity contribution in [1.82, 2.24) is 4.90 Å². The maximum Gasteiger partial charge on any atom is 0.143 e. The van der Waals surface area contributed by atoms with Gasteiger partial charge < -0.3 is 0 Å². The summed E-state index contributed by atoms with van der Waals surface area (Å²) in [6.45, 7) is 5.64. The number of nitrogens with zero attached hydrogens (tertiary/aromatic N) is 1. The van der Waals surface area contributed by atoms with Crippen molar-refractivity contribution in [2.24, 2.45) is 0 Å². The normalized spacial score (nSPS) is 26.9. The van der Waals surface area contributed by atoms with Crippen molar-refractivity contribution in [1.29, 1.82) is 0 Å². The maximum atomic E-state index is 10.8. The Morgan fingerprint density at radius 1 is 1.55 bits per heavy atom. The van der Waals surface area contributed by atoms with Crippen molar-refractivity contribution in [3.63, 3.8) is 0 Å². The lowest BCUT2D eigenvalue weighted by molar-refractivity contribution is -0.118. The van der Waals surface area contributed by atoms with Crippen LogP contribution in [0.4, 0.5) is 0 Å². The van der Waals surface area contributed by atoms with Gasteiger partial charge in [0, 0.05) is 6.04 Å². The summed E-state index contributed by atoms with van der Waals surface area (Å²) in [6.07, 6.45) is 3.85. The molecule has 1 atom stereocenters. The molecule has 1 rings (SSSR count). The number of piperidine rings is 1. The van der Waals surface area contributed by atoms with Gasteiger partial charge in [0.2, 0.25) is 0 Å². The van der Waals surface area contributed by atoms with Gasteiger partial charge >= 0.3 is 0 Å². The first-order valence-corrected chi connectivity index (χ1v) is 4.43. The van der Waals surface area contributed by atoms with Crippen molar-refractivity contribution in [3.8, 4) is 0 Å². The second-order valence-corrected chi connectivity index (χ2v) is 3.52. The van der Waals surface area contributed by atoms with Crippen LogP contribution in [0.2, 0.25) is 0 Å². The highest BCUT2D eigenvalue weighted by Gasteiger charge is 2.18. The van der Waals surface area contributed by atoms with Crippen LogP contribution >= 0.6 is 0 Å². The Hall–Kier alpha value is -0.370. The molecule has 0 aliphatic carbocycles. The van der Waals surface area contributed by atoms with E-state index in [1.807, 2.05) is 0 Å². The van der Waals surface area contributed by atoms with Gasteiger partial charge in [-0.05, 0) is 33.2 Å². The summed E-state index contributed by atoms with van der Waals surface area (Å²) in [4.78, 5) is 13.1. The molecule has 11 heavy (non-hydrogen) atoms. The third-order valence-corrected chi connectivity index (χ3v) is 2.37. The van der Waals surface area contributed by atoms with Gasteiger partial charge in [-0.3, -0.25) is 9.69 Å². The molecule has 0 unspecified atom stereocenters. The molecular weight excluding hydrogens is 138 g/mol. The molecule has 0 radical (unpaired) electrons. The van der Waals surface area contributed by atoms with E-state index in [0.29, 0.717) is 18.4 Å². The number of carbonyl (C=O) groups is 1. The van der Waals surface area contributed by atoms with Crippen molar-refractivity contribution >= 4 is 5.78 Å². The van der Waals surface area contributed by atoms with E-state index >= 15 is 0 Å². The van der Waals surface area contributed by atoms with Gasteiger partial charge in [0.05, 0.1) is 6.54 Å². The summed E-state index contributed by atoms with van der Waals surface area (Å²) in [5.41, 5.74) is 0. The fourth-order valence-corrected chi connectivity index (χ4v) is 1.68. The molecule has 0 saturated carbocycles. The smallest absolute Gasteiger partial charge is 0.143 e. The minimum absolute atomic E-state index is 0.291. The van der Waals surface area contributed by atoms with Gasteiger partial charge in [-0.1, -0.05) is 6.42 Å². The number of rotatable bonds is 2. The molecule has 0 amide bonds. The number of carbonyl (C=O) groups excluding carboxylic acids is 1. The fraction of sp³-hybridized carbons (Fsp3) is 0.889. The summed E-state index contributed by atoms with van der Waals surface area (Å²) >= 11 is 0. The number of likely N-dealkylation sites (tertiary alicyclic amines) is 1. The Balaban J connectivity index is 2.35. The van der Waals surface area contributed by atoms with Gasteiger partial charge in [-0.2, -0.15) is 0 Å². The van der Waals surface area contributed by atoms with Crippen LogP contribution in [0, 0.1) is 0 Å². The van der Waals surface area contributed by atoms with Gasteiger partial charge in [0.1, 0.15) is 5.78 Å². The molecule has 1 aliphatic heterocycles. The zero-order valence-corrected chi connectivity index (χ0v) is 7.47. The van der Waals surface area contributed by atoms with E-state index in [-0.39, 0.29) is 0 Å². The van der Waals surface area contributed by atoms with Crippen LogP contribution in [0.25, 0.3) is 0 Å². The van der Waals surface area contributed by atoms with Gasteiger partial charge in [0.25, 0.3) is 0 Å². The highest BCUT2D eigenvalue weighted by atomic mass is 16.1. The van der Waals surface area contributed by atoms with Crippen LogP contribution in [-0.4, -0.2) is 29.8 Å². The second-order valence-electron chi connectivity index (χ2n) is 3.52. The van der Waals surface area contributed by atoms with Crippen molar-refractivity contribution in [2.45, 2.75) is 39.2 Å². The fourth-order valence-electron chi connectivity index (χ4n) is 1.68. The second kappa shape index (κ2) is 3.86. The zero-order valence-electron chi connectivity index (χ0n) is 7.47. The maximum absolute atomic E-state index is 10.8. The number of Topliss-reactive ketones (excluding diaryl/α,β-unsaturated/α-hetero) is 1. The summed E-state index contributed by atoms with van der Waals surface area (Å²) < 4.78 is 0. The summed E-state index contributed by atoms with van der Waals surface area (Å²) in [7, 11) is 0. The minimum Gasteiger partial charge on any atom is -0.299 e. The molecule has 1 heterocycles. The largest absolute Gasteiger partial charge is 0.299 e. The van der Waals surface area contributed by atoms with E-state index in [2.05, 4.69) is 11.8 Å². The monoisotopic (exact) mass is 155 g/mol. The molecule has 1 fully saturated rings. The van der Waals surface area contributed by atoms with E-state index in [4.69, 9.17) is 0 Å². The molecule has 1 saturated heterocycles. The SMILES string of the molecule is CC(=O)CN1CCCC[C@@H]1C. The Kier molecular flexibility index (Phi) is 3.06. The molecule has 0 aromatic rings. The highest BCUT2D eigenvalue weighted by Crippen LogP contribution is 2.15. The molecule has 64 valence electrons. The van der Waals surface area contributed by atoms with Gasteiger partial charge in [0.15, 0.2) is 0 Å². The molecule has 2 heteroatoms. The van der Waals surface area contributed by atoms with Gasteiger partial charge in [-0.25, -0.2) is 0 Å². The van der Waals surface area contributed by atoms with Crippen LogP contribution in [0.3, 0.4) is 0 Å². The Labute approximate surface area is 68.6 Å². The first kappa shape index (κ1) is 8.72. The molecule has 0 N–H and O–H groups in total. The lowest BCUT2D eigenvalue weighted by atomic mass is 10.0. The van der Waals surface area contributed by atoms with Crippen LogP contribution in [0.1, 0.15) is 33.1 Å². The summed E-state index contributed by atoms with van der Waals surface area (Å²) in [6, 6.07) is 0.618. The third-order valence-electron chi connectivity index (χ3n) is 2.37. The third kappa shape index (κ3) is 2.62. The van der Waals surface area contributed by atoms with Gasteiger partial charge in [-0.15, -0.1) is 0 Å². The summed E-state index contributed by atoms with van der Waals surface area (Å²) in [5, 5.41) is 0. The van der Waals surface area contributed by atoms with Crippen LogP contribution in [-0.2, 0) is 4.79 Å². The molecule has 0 spiro atoms. The quantitative estimate of drug-likeness (QED) is 0.601. The molecular formula is C9H17NO. The van der Waals surface area contributed by atoms with E-state index in [1.165, 1.54) is 19.3 Å². The topological polar surface area (TPSA) is 20.3 Å². The van der Waals surface area contributed by atoms with Crippen molar-refractivity contribution < 1.29 is 4.79 Å². The number of ketones is 1. The summed E-state index contributed by atoms with van der Waals surface area (Å²) in [5.74, 6) is 0.291. The Morgan fingerprint density at radius 2 is 2.27 bits per heavy atom. The molecule has 1 aliphatic rings. The average molecular weight is 155 g/mol. The van der Waals surface area contributed by atoms with E-state index in [9.17, 15) is 4.79 Å². The standard InChI is InChI=1S/C9H17NO/c1-8-5-3-4-6-10(8)7-9(2)11/h8H,3-7H2,1-2H3/t8-/m0/s1. The van der Waals surface area contributed by atoms with Crippen molar-refractivity contribution in [3.05, 3.63) is 0 Å². The zero-order chi connectivity index (χ0) is 8.27. The Morgan fingerprint density at radius 3 is 2.82 bits per heavy atom. The lowest BCUT2D eigenvalue weighted by Crippen LogP contribution is -2.40. The molecule has 0 aromatic heterocycles. The van der Waals surface area contributed by atoms with Crippen LogP contribution < -0.4 is 0 Å². The highest BCUT2D eigenvalue weighted by molar-refractivity contribution is 5.77. The molecule has 0 bridgehead atoms. The molecule has 2 nitrogen and oxygen atoms in total.